The third kappa shape index (κ3) is 4.72. The summed E-state index contributed by atoms with van der Waals surface area (Å²) < 4.78 is 0. The van der Waals surface area contributed by atoms with Crippen molar-refractivity contribution in [2.24, 2.45) is 22.8 Å². The fraction of sp³-hybridized carbons (Fsp3) is 0.909. The van der Waals surface area contributed by atoms with Gasteiger partial charge in [0.15, 0.2) is 0 Å². The van der Waals surface area contributed by atoms with Gasteiger partial charge in [0.1, 0.15) is 0 Å². The molecular weight excluding hydrogens is 174 g/mol. The van der Waals surface area contributed by atoms with Crippen molar-refractivity contribution in [1.29, 1.82) is 5.41 Å². The Bertz CT molecular complexity index is 185. The van der Waals surface area contributed by atoms with Crippen LogP contribution in [-0.2, 0) is 0 Å². The highest BCUT2D eigenvalue weighted by Crippen LogP contribution is 2.26. The predicted molar refractivity (Wildman–Crippen MR) is 62.6 cm³/mol. The first-order valence-electron chi connectivity index (χ1n) is 5.34. The molecule has 1 unspecified atom stereocenters. The van der Waals surface area contributed by atoms with Crippen molar-refractivity contribution in [2.45, 2.75) is 46.6 Å². The second-order valence-electron chi connectivity index (χ2n) is 5.12. The Kier molecular flexibility index (Phi) is 5.31. The molecule has 0 spiro atoms. The molecule has 0 aromatic heterocycles. The Balaban J connectivity index is 4.17. The zero-order chi connectivity index (χ0) is 11.4. The molecule has 3 heteroatoms. The Morgan fingerprint density at radius 1 is 1.36 bits per heavy atom. The summed E-state index contributed by atoms with van der Waals surface area (Å²) in [6.07, 6.45) is 1.81. The van der Waals surface area contributed by atoms with E-state index in [0.717, 1.165) is 12.8 Å². The molecule has 0 radical (unpaired) electrons. The van der Waals surface area contributed by atoms with Crippen LogP contribution in [0.4, 0.5) is 0 Å². The summed E-state index contributed by atoms with van der Waals surface area (Å²) in [7, 11) is 0. The lowest BCUT2D eigenvalue weighted by atomic mass is 9.80. The van der Waals surface area contributed by atoms with E-state index in [-0.39, 0.29) is 17.4 Å². The summed E-state index contributed by atoms with van der Waals surface area (Å²) >= 11 is 0. The second kappa shape index (κ2) is 5.47. The number of nitrogens with one attached hydrogen (secondary N) is 1. The van der Waals surface area contributed by atoms with Crippen LogP contribution in [0, 0.1) is 16.7 Å². The van der Waals surface area contributed by atoms with Gasteiger partial charge >= 0.3 is 0 Å². The highest BCUT2D eigenvalue weighted by Gasteiger charge is 2.23. The number of hydrogen-bond acceptors (Lipinski definition) is 3. The zero-order valence-electron chi connectivity index (χ0n) is 9.93. The van der Waals surface area contributed by atoms with E-state index in [9.17, 15) is 0 Å². The average Bonchev–Trinajstić information content (AvgIpc) is 2.01. The Hall–Kier alpha value is -0.410. The molecular formula is C11H25N3. The average molecular weight is 199 g/mol. The van der Waals surface area contributed by atoms with Crippen LogP contribution >= 0.6 is 0 Å². The van der Waals surface area contributed by atoms with Crippen molar-refractivity contribution in [3.05, 3.63) is 0 Å². The molecule has 3 nitrogen and oxygen atoms in total. The van der Waals surface area contributed by atoms with Gasteiger partial charge in [-0.3, -0.25) is 0 Å². The molecule has 0 saturated carbocycles. The van der Waals surface area contributed by atoms with Gasteiger partial charge in [-0.1, -0.05) is 27.7 Å². The lowest BCUT2D eigenvalue weighted by Gasteiger charge is -2.28. The van der Waals surface area contributed by atoms with Crippen LogP contribution in [-0.4, -0.2) is 18.3 Å². The van der Waals surface area contributed by atoms with Gasteiger partial charge in [-0.2, -0.15) is 0 Å². The lowest BCUT2D eigenvalue weighted by Crippen LogP contribution is -2.38. The molecule has 0 bridgehead atoms. The van der Waals surface area contributed by atoms with E-state index in [1.165, 1.54) is 0 Å². The maximum Gasteiger partial charge on any atom is 0.0430 e. The van der Waals surface area contributed by atoms with Crippen molar-refractivity contribution in [3.8, 4) is 0 Å². The Labute approximate surface area is 87.8 Å². The Morgan fingerprint density at radius 3 is 2.21 bits per heavy atom. The summed E-state index contributed by atoms with van der Waals surface area (Å²) in [5.74, 6) is 0.249. The van der Waals surface area contributed by atoms with Gasteiger partial charge in [0.05, 0.1) is 0 Å². The van der Waals surface area contributed by atoms with Crippen LogP contribution in [0.3, 0.4) is 0 Å². The highest BCUT2D eigenvalue weighted by atomic mass is 14.7. The first-order chi connectivity index (χ1) is 6.30. The second-order valence-corrected chi connectivity index (χ2v) is 5.12. The summed E-state index contributed by atoms with van der Waals surface area (Å²) in [5.41, 5.74) is 12.3. The minimum Gasteiger partial charge on any atom is -0.330 e. The molecule has 0 aliphatic rings. The molecule has 84 valence electrons. The number of nitrogens with two attached hydrogens (primary N) is 2. The summed E-state index contributed by atoms with van der Waals surface area (Å²) in [6.45, 7) is 9.03. The first kappa shape index (κ1) is 13.6. The molecule has 0 aromatic carbocycles. The van der Waals surface area contributed by atoms with E-state index >= 15 is 0 Å². The molecule has 0 aliphatic heterocycles. The van der Waals surface area contributed by atoms with Gasteiger partial charge in [-0.05, 0) is 30.7 Å². The van der Waals surface area contributed by atoms with E-state index in [0.29, 0.717) is 12.3 Å². The molecule has 0 fully saturated rings. The van der Waals surface area contributed by atoms with Gasteiger partial charge < -0.3 is 16.9 Å². The van der Waals surface area contributed by atoms with E-state index in [4.69, 9.17) is 16.9 Å². The molecule has 0 aliphatic carbocycles. The van der Waals surface area contributed by atoms with Gasteiger partial charge in [-0.25, -0.2) is 0 Å². The Morgan fingerprint density at radius 2 is 1.86 bits per heavy atom. The fourth-order valence-electron chi connectivity index (χ4n) is 1.63. The topological polar surface area (TPSA) is 75.9 Å². The van der Waals surface area contributed by atoms with Crippen molar-refractivity contribution < 1.29 is 0 Å². The monoisotopic (exact) mass is 199 g/mol. The van der Waals surface area contributed by atoms with Crippen molar-refractivity contribution in [3.63, 3.8) is 0 Å². The van der Waals surface area contributed by atoms with Crippen LogP contribution in [0.15, 0.2) is 0 Å². The van der Waals surface area contributed by atoms with Crippen molar-refractivity contribution in [2.75, 3.05) is 6.54 Å². The molecule has 5 N–H and O–H groups in total. The smallest absolute Gasteiger partial charge is 0.0430 e. The third-order valence-electron chi connectivity index (χ3n) is 2.62. The number of rotatable bonds is 6. The van der Waals surface area contributed by atoms with E-state index < -0.39 is 0 Å². The maximum atomic E-state index is 7.81. The minimum absolute atomic E-state index is 0.114. The standard InChI is InChI=1S/C11H25N3/c1-8(2)10(14)9(13)7-11(3,4)5-6-12/h8-9,14H,5-7,12-13H2,1-4H3. The van der Waals surface area contributed by atoms with E-state index in [1.54, 1.807) is 0 Å². The molecule has 0 rings (SSSR count). The zero-order valence-corrected chi connectivity index (χ0v) is 9.93. The van der Waals surface area contributed by atoms with E-state index in [2.05, 4.69) is 13.8 Å². The molecule has 0 amide bonds. The van der Waals surface area contributed by atoms with Gasteiger partial charge in [0.25, 0.3) is 0 Å². The molecule has 14 heavy (non-hydrogen) atoms. The first-order valence-corrected chi connectivity index (χ1v) is 5.34. The van der Waals surface area contributed by atoms with Crippen LogP contribution < -0.4 is 11.5 Å². The molecule has 0 heterocycles. The van der Waals surface area contributed by atoms with Crippen molar-refractivity contribution >= 4 is 5.71 Å². The fourth-order valence-corrected chi connectivity index (χ4v) is 1.63. The summed E-state index contributed by atoms with van der Waals surface area (Å²) in [4.78, 5) is 0. The van der Waals surface area contributed by atoms with Crippen LogP contribution in [0.5, 0.6) is 0 Å². The highest BCUT2D eigenvalue weighted by molar-refractivity contribution is 5.88. The van der Waals surface area contributed by atoms with Crippen molar-refractivity contribution in [1.82, 2.24) is 0 Å². The van der Waals surface area contributed by atoms with Gasteiger partial charge in [0.2, 0.25) is 0 Å². The number of hydrogen-bond donors (Lipinski definition) is 3. The largest absolute Gasteiger partial charge is 0.330 e. The summed E-state index contributed by atoms with van der Waals surface area (Å²) in [6, 6.07) is -0.114. The van der Waals surface area contributed by atoms with E-state index in [1.807, 2.05) is 13.8 Å². The SMILES string of the molecule is CC(C)C(=N)C(N)CC(C)(C)CCN. The predicted octanol–water partition coefficient (Wildman–Crippen LogP) is 1.75. The van der Waals surface area contributed by atoms with Crippen LogP contribution in [0.25, 0.3) is 0 Å². The molecule has 0 aromatic rings. The molecule has 1 atom stereocenters. The third-order valence-corrected chi connectivity index (χ3v) is 2.62. The maximum absolute atomic E-state index is 7.81. The minimum atomic E-state index is -0.114. The lowest BCUT2D eigenvalue weighted by molar-refractivity contribution is 0.304. The van der Waals surface area contributed by atoms with Gasteiger partial charge in [0, 0.05) is 11.8 Å². The van der Waals surface area contributed by atoms with Crippen LogP contribution in [0.1, 0.15) is 40.5 Å². The normalized spacial score (nSPS) is 14.5. The van der Waals surface area contributed by atoms with Crippen LogP contribution in [0.2, 0.25) is 0 Å². The van der Waals surface area contributed by atoms with Gasteiger partial charge in [-0.15, -0.1) is 0 Å². The summed E-state index contributed by atoms with van der Waals surface area (Å²) in [5, 5.41) is 7.81. The quantitative estimate of drug-likeness (QED) is 0.570. The molecule has 0 saturated heterocycles.